The Morgan fingerprint density at radius 2 is 1.86 bits per heavy atom. The van der Waals surface area contributed by atoms with Crippen molar-refractivity contribution < 1.29 is 5.11 Å². The zero-order chi connectivity index (χ0) is 19.3. The van der Waals surface area contributed by atoms with E-state index < -0.39 is 0 Å². The Hall–Kier alpha value is -2.41. The molecular formula is C21H19ClN4OS. The first-order valence-corrected chi connectivity index (χ1v) is 10.4. The number of rotatable bonds is 3. The van der Waals surface area contributed by atoms with Crippen molar-refractivity contribution in [3.05, 3.63) is 80.9 Å². The van der Waals surface area contributed by atoms with Gasteiger partial charge in [-0.15, -0.1) is 5.10 Å². The number of aryl methyl sites for hydroxylation is 1. The molecule has 28 heavy (non-hydrogen) atoms. The average molecular weight is 411 g/mol. The van der Waals surface area contributed by atoms with E-state index in [1.807, 2.05) is 31.2 Å². The zero-order valence-electron chi connectivity index (χ0n) is 15.3. The number of nitrogens with zero attached hydrogens (tertiary/aromatic N) is 4. The Labute approximate surface area is 171 Å². The number of aromatic nitrogens is 3. The van der Waals surface area contributed by atoms with Crippen molar-refractivity contribution in [3.63, 3.8) is 0 Å². The molecule has 0 saturated heterocycles. The van der Waals surface area contributed by atoms with Crippen LogP contribution >= 0.6 is 22.9 Å². The minimum atomic E-state index is -0.157. The lowest BCUT2D eigenvalue weighted by Gasteiger charge is -2.35. The monoisotopic (exact) mass is 410 g/mol. The minimum Gasteiger partial charge on any atom is -0.492 e. The van der Waals surface area contributed by atoms with E-state index in [1.165, 1.54) is 27.0 Å². The van der Waals surface area contributed by atoms with Gasteiger partial charge in [0.25, 0.3) is 0 Å². The fourth-order valence-corrected chi connectivity index (χ4v) is 5.36. The van der Waals surface area contributed by atoms with Gasteiger partial charge in [0.05, 0.1) is 10.9 Å². The van der Waals surface area contributed by atoms with Crippen LogP contribution in [0.4, 0.5) is 0 Å². The van der Waals surface area contributed by atoms with Gasteiger partial charge in [0.1, 0.15) is 5.82 Å². The first-order valence-electron chi connectivity index (χ1n) is 9.22. The molecule has 3 heterocycles. The summed E-state index contributed by atoms with van der Waals surface area (Å²) in [6.45, 7) is 3.52. The summed E-state index contributed by atoms with van der Waals surface area (Å²) < 4.78 is 1.52. The van der Waals surface area contributed by atoms with E-state index in [9.17, 15) is 5.11 Å². The molecule has 5 rings (SSSR count). The van der Waals surface area contributed by atoms with Gasteiger partial charge in [0.2, 0.25) is 10.8 Å². The summed E-state index contributed by atoms with van der Waals surface area (Å²) in [7, 11) is 0. The van der Waals surface area contributed by atoms with Gasteiger partial charge in [0.15, 0.2) is 0 Å². The molecule has 5 nitrogen and oxygen atoms in total. The van der Waals surface area contributed by atoms with E-state index in [1.54, 1.807) is 0 Å². The summed E-state index contributed by atoms with van der Waals surface area (Å²) in [5.74, 6) is 0.790. The number of aromatic hydroxyl groups is 1. The fourth-order valence-electron chi connectivity index (χ4n) is 3.96. The second kappa shape index (κ2) is 6.88. The van der Waals surface area contributed by atoms with E-state index in [0.29, 0.717) is 15.8 Å². The van der Waals surface area contributed by atoms with Crippen LogP contribution in [-0.2, 0) is 13.0 Å². The van der Waals surface area contributed by atoms with E-state index in [4.69, 9.17) is 11.6 Å². The summed E-state index contributed by atoms with van der Waals surface area (Å²) in [5.41, 5.74) is 3.69. The first kappa shape index (κ1) is 17.7. The minimum absolute atomic E-state index is 0.143. The number of fused-ring (bicyclic) bond motifs is 2. The van der Waals surface area contributed by atoms with Crippen molar-refractivity contribution in [3.8, 4) is 5.88 Å². The van der Waals surface area contributed by atoms with Crippen molar-refractivity contribution in [1.82, 2.24) is 19.5 Å². The smallest absolute Gasteiger partial charge is 0.230 e. The van der Waals surface area contributed by atoms with Gasteiger partial charge < -0.3 is 5.11 Å². The molecule has 0 fully saturated rings. The molecule has 1 atom stereocenters. The Kier molecular flexibility index (Phi) is 4.34. The second-order valence-electron chi connectivity index (χ2n) is 7.06. The lowest BCUT2D eigenvalue weighted by atomic mass is 9.95. The highest BCUT2D eigenvalue weighted by atomic mass is 35.5. The third kappa shape index (κ3) is 2.89. The number of hydrogen-bond acceptors (Lipinski definition) is 5. The summed E-state index contributed by atoms with van der Waals surface area (Å²) >= 11 is 8.07. The molecule has 7 heteroatoms. The number of halogens is 1. The Morgan fingerprint density at radius 3 is 2.64 bits per heavy atom. The van der Waals surface area contributed by atoms with Gasteiger partial charge in [-0.05, 0) is 36.1 Å². The molecule has 0 unspecified atom stereocenters. The van der Waals surface area contributed by atoms with Gasteiger partial charge in [-0.25, -0.2) is 4.98 Å². The van der Waals surface area contributed by atoms with Crippen molar-refractivity contribution >= 4 is 27.9 Å². The zero-order valence-corrected chi connectivity index (χ0v) is 16.9. The third-order valence-corrected chi connectivity index (χ3v) is 6.70. The quantitative estimate of drug-likeness (QED) is 0.536. The van der Waals surface area contributed by atoms with Crippen LogP contribution in [0.25, 0.3) is 4.96 Å². The molecular weight excluding hydrogens is 392 g/mol. The molecule has 2 aromatic heterocycles. The number of thiazole rings is 1. The Morgan fingerprint density at radius 1 is 1.11 bits per heavy atom. The summed E-state index contributed by atoms with van der Waals surface area (Å²) in [6.07, 6.45) is 0.970. The number of hydrogen-bond donors (Lipinski definition) is 1. The van der Waals surface area contributed by atoms with Crippen LogP contribution in [0.5, 0.6) is 5.88 Å². The molecule has 0 amide bonds. The van der Waals surface area contributed by atoms with Gasteiger partial charge in [-0.3, -0.25) is 4.90 Å². The van der Waals surface area contributed by atoms with E-state index in [0.717, 1.165) is 30.0 Å². The normalized spacial score (nSPS) is 15.6. The Balaban J connectivity index is 1.64. The maximum absolute atomic E-state index is 11.0. The van der Waals surface area contributed by atoms with Crippen LogP contribution in [-0.4, -0.2) is 31.1 Å². The fraction of sp³-hybridized carbons (Fsp3) is 0.238. The van der Waals surface area contributed by atoms with Crippen molar-refractivity contribution in [1.29, 1.82) is 0 Å². The molecule has 1 N–H and O–H groups in total. The highest BCUT2D eigenvalue weighted by Crippen LogP contribution is 2.43. The summed E-state index contributed by atoms with van der Waals surface area (Å²) in [6, 6.07) is 16.2. The van der Waals surface area contributed by atoms with Crippen LogP contribution < -0.4 is 0 Å². The molecule has 1 aliphatic heterocycles. The van der Waals surface area contributed by atoms with E-state index in [2.05, 4.69) is 39.2 Å². The van der Waals surface area contributed by atoms with Crippen molar-refractivity contribution in [2.75, 3.05) is 6.54 Å². The lowest BCUT2D eigenvalue weighted by molar-refractivity contribution is 0.205. The lowest BCUT2D eigenvalue weighted by Crippen LogP contribution is -2.34. The average Bonchev–Trinajstić information content (AvgIpc) is 3.21. The predicted molar refractivity (Wildman–Crippen MR) is 111 cm³/mol. The predicted octanol–water partition coefficient (Wildman–Crippen LogP) is 4.61. The third-order valence-electron chi connectivity index (χ3n) is 5.28. The summed E-state index contributed by atoms with van der Waals surface area (Å²) in [4.78, 5) is 8.33. The topological polar surface area (TPSA) is 53.7 Å². The van der Waals surface area contributed by atoms with Gasteiger partial charge in [-0.2, -0.15) is 4.52 Å². The van der Waals surface area contributed by atoms with Gasteiger partial charge in [-0.1, -0.05) is 65.4 Å². The van der Waals surface area contributed by atoms with Gasteiger partial charge >= 0.3 is 0 Å². The van der Waals surface area contributed by atoms with Crippen LogP contribution in [0.15, 0.2) is 48.5 Å². The second-order valence-corrected chi connectivity index (χ2v) is 8.47. The SMILES string of the molecule is Cc1nc2sc([C@H](c3ccccc3Cl)N3CCc4ccccc4C3)c(O)n2n1. The molecule has 1 aliphatic rings. The molecule has 0 aliphatic carbocycles. The molecule has 142 valence electrons. The Bertz CT molecular complexity index is 1170. The largest absolute Gasteiger partial charge is 0.492 e. The van der Waals surface area contributed by atoms with Crippen LogP contribution in [0.2, 0.25) is 5.02 Å². The molecule has 0 saturated carbocycles. The molecule has 2 aromatic carbocycles. The van der Waals surface area contributed by atoms with Gasteiger partial charge in [0, 0.05) is 18.1 Å². The van der Waals surface area contributed by atoms with Crippen LogP contribution in [0.3, 0.4) is 0 Å². The molecule has 0 radical (unpaired) electrons. The maximum atomic E-state index is 11.0. The highest BCUT2D eigenvalue weighted by Gasteiger charge is 2.32. The standard InChI is InChI=1S/C21H19ClN4OS/c1-13-23-21-26(24-13)20(27)19(28-21)18(16-8-4-5-9-17(16)22)25-11-10-14-6-2-3-7-15(14)12-25/h2-9,18,27H,10-12H2,1H3/t18-/m0/s1. The molecule has 0 spiro atoms. The maximum Gasteiger partial charge on any atom is 0.230 e. The van der Waals surface area contributed by atoms with Crippen LogP contribution in [0.1, 0.15) is 33.4 Å². The highest BCUT2D eigenvalue weighted by molar-refractivity contribution is 7.17. The van der Waals surface area contributed by atoms with E-state index in [-0.39, 0.29) is 11.9 Å². The molecule has 0 bridgehead atoms. The summed E-state index contributed by atoms with van der Waals surface area (Å²) in [5, 5.41) is 16.0. The number of benzene rings is 2. The van der Waals surface area contributed by atoms with Crippen molar-refractivity contribution in [2.45, 2.75) is 25.9 Å². The van der Waals surface area contributed by atoms with Crippen LogP contribution in [0, 0.1) is 6.92 Å². The first-order chi connectivity index (χ1) is 13.6. The molecule has 4 aromatic rings. The van der Waals surface area contributed by atoms with Crippen molar-refractivity contribution in [2.24, 2.45) is 0 Å². The van der Waals surface area contributed by atoms with E-state index >= 15 is 0 Å².